The van der Waals surface area contributed by atoms with E-state index >= 15 is 0 Å². The maximum Gasteiger partial charge on any atom is 0.434 e. The number of alkyl halides is 3. The monoisotopic (exact) mass is 470 g/mol. The third kappa shape index (κ3) is 3.95. The number of pyridine rings is 1. The molecule has 1 amide bonds. The van der Waals surface area contributed by atoms with Gasteiger partial charge >= 0.3 is 6.18 Å². The number of amides is 1. The molecule has 3 heterocycles. The van der Waals surface area contributed by atoms with Crippen LogP contribution in [0.1, 0.15) is 28.9 Å². The number of hydrogen-bond donors (Lipinski definition) is 0. The highest BCUT2D eigenvalue weighted by Gasteiger charge is 2.41. The Morgan fingerprint density at radius 1 is 1.00 bits per heavy atom. The second kappa shape index (κ2) is 8.05. The van der Waals surface area contributed by atoms with Crippen molar-refractivity contribution in [2.24, 2.45) is 0 Å². The zero-order valence-electron chi connectivity index (χ0n) is 15.9. The van der Waals surface area contributed by atoms with Crippen LogP contribution in [0.25, 0.3) is 11.4 Å². The van der Waals surface area contributed by atoms with Gasteiger partial charge in [-0.3, -0.25) is 14.2 Å². The van der Waals surface area contributed by atoms with E-state index in [2.05, 4.69) is 5.10 Å². The summed E-state index contributed by atoms with van der Waals surface area (Å²) in [6.45, 7) is 0.850. The number of halogens is 5. The molecule has 1 saturated heterocycles. The lowest BCUT2D eigenvalue weighted by molar-refractivity contribution is -0.143. The molecule has 0 saturated carbocycles. The largest absolute Gasteiger partial charge is 0.434 e. The van der Waals surface area contributed by atoms with Crippen LogP contribution in [0.2, 0.25) is 10.0 Å². The van der Waals surface area contributed by atoms with E-state index < -0.39 is 28.9 Å². The van der Waals surface area contributed by atoms with Gasteiger partial charge in [0.1, 0.15) is 5.02 Å². The summed E-state index contributed by atoms with van der Waals surface area (Å²) in [6.07, 6.45) is -0.914. The predicted octanol–water partition coefficient (Wildman–Crippen LogP) is 4.58. The fourth-order valence-electron chi connectivity index (χ4n) is 3.51. The minimum atomic E-state index is -4.79. The van der Waals surface area contributed by atoms with Gasteiger partial charge in [0.15, 0.2) is 5.69 Å². The van der Waals surface area contributed by atoms with Gasteiger partial charge in [-0.15, -0.1) is 0 Å². The summed E-state index contributed by atoms with van der Waals surface area (Å²) in [6, 6.07) is 7.08. The van der Waals surface area contributed by atoms with Crippen LogP contribution in [0.15, 0.2) is 47.5 Å². The van der Waals surface area contributed by atoms with Crippen LogP contribution in [0.4, 0.5) is 13.2 Å². The fourth-order valence-corrected chi connectivity index (χ4v) is 3.80. The van der Waals surface area contributed by atoms with E-state index in [-0.39, 0.29) is 15.7 Å². The van der Waals surface area contributed by atoms with Crippen LogP contribution in [0.3, 0.4) is 0 Å². The van der Waals surface area contributed by atoms with Crippen molar-refractivity contribution in [1.29, 1.82) is 0 Å². The van der Waals surface area contributed by atoms with Crippen molar-refractivity contribution in [2.45, 2.75) is 19.0 Å². The van der Waals surface area contributed by atoms with Crippen LogP contribution in [0, 0.1) is 0 Å². The summed E-state index contributed by atoms with van der Waals surface area (Å²) >= 11 is 11.7. The molecular formula is C20H15Cl2F3N4O2. The van der Waals surface area contributed by atoms with Gasteiger partial charge in [-0.05, 0) is 43.2 Å². The van der Waals surface area contributed by atoms with Gasteiger partial charge in [-0.1, -0.05) is 23.2 Å². The molecule has 1 fully saturated rings. The molecule has 1 aliphatic rings. The van der Waals surface area contributed by atoms with E-state index in [0.717, 1.165) is 19.0 Å². The van der Waals surface area contributed by atoms with Crippen LogP contribution >= 0.6 is 23.2 Å². The maximum atomic E-state index is 13.9. The Labute approximate surface area is 184 Å². The van der Waals surface area contributed by atoms with Gasteiger partial charge in [0.2, 0.25) is 0 Å². The standard InChI is InChI=1S/C20H15Cl2F3N4O2/c21-15-7-10-28(19(31)16(15)22)12-3-5-13(6-4-12)29-17(20(23,24)25)14(11-26-29)18(30)27-8-1-2-9-27/h3-7,10-11H,1-2,8-9H2. The molecule has 0 spiro atoms. The highest BCUT2D eigenvalue weighted by atomic mass is 35.5. The molecule has 0 unspecified atom stereocenters. The summed E-state index contributed by atoms with van der Waals surface area (Å²) in [4.78, 5) is 26.3. The molecule has 0 N–H and O–H groups in total. The van der Waals surface area contributed by atoms with Gasteiger partial charge in [-0.2, -0.15) is 18.3 Å². The Bertz CT molecular complexity index is 1200. The van der Waals surface area contributed by atoms with Crippen molar-refractivity contribution in [3.05, 3.63) is 74.4 Å². The summed E-state index contributed by atoms with van der Waals surface area (Å²) in [5.41, 5.74) is -1.72. The first kappa shape index (κ1) is 21.5. The fraction of sp³-hybridized carbons (Fsp3) is 0.250. The quantitative estimate of drug-likeness (QED) is 0.562. The third-order valence-electron chi connectivity index (χ3n) is 5.02. The van der Waals surface area contributed by atoms with Crippen molar-refractivity contribution in [3.8, 4) is 11.4 Å². The van der Waals surface area contributed by atoms with Crippen LogP contribution in [0.5, 0.6) is 0 Å². The zero-order chi connectivity index (χ0) is 22.3. The van der Waals surface area contributed by atoms with Crippen molar-refractivity contribution >= 4 is 29.1 Å². The van der Waals surface area contributed by atoms with Crippen LogP contribution in [-0.4, -0.2) is 38.2 Å². The molecule has 0 radical (unpaired) electrons. The average molecular weight is 471 g/mol. The normalized spacial score (nSPS) is 14.3. The molecule has 6 nitrogen and oxygen atoms in total. The molecular weight excluding hydrogens is 456 g/mol. The Morgan fingerprint density at radius 2 is 1.61 bits per heavy atom. The minimum absolute atomic E-state index is 0.0876. The minimum Gasteiger partial charge on any atom is -0.339 e. The average Bonchev–Trinajstić information content (AvgIpc) is 3.42. The first-order chi connectivity index (χ1) is 14.7. The number of aromatic nitrogens is 3. The van der Waals surface area contributed by atoms with Gasteiger partial charge in [0.25, 0.3) is 11.5 Å². The number of hydrogen-bond acceptors (Lipinski definition) is 3. The van der Waals surface area contributed by atoms with Crippen molar-refractivity contribution in [2.75, 3.05) is 13.1 Å². The number of carbonyl (C=O) groups is 1. The summed E-state index contributed by atoms with van der Waals surface area (Å²) in [7, 11) is 0. The summed E-state index contributed by atoms with van der Waals surface area (Å²) in [5.74, 6) is -0.685. The maximum absolute atomic E-state index is 13.9. The van der Waals surface area contributed by atoms with E-state index in [1.165, 1.54) is 46.0 Å². The molecule has 0 aliphatic carbocycles. The molecule has 11 heteroatoms. The van der Waals surface area contributed by atoms with E-state index in [0.29, 0.717) is 23.5 Å². The van der Waals surface area contributed by atoms with E-state index in [1.54, 1.807) is 0 Å². The second-order valence-electron chi connectivity index (χ2n) is 6.98. The SMILES string of the molecule is O=C(c1cnn(-c2ccc(-n3ccc(Cl)c(Cl)c3=O)cc2)c1C(F)(F)F)N1CCCC1. The topological polar surface area (TPSA) is 60.1 Å². The molecule has 0 bridgehead atoms. The van der Waals surface area contributed by atoms with E-state index in [1.807, 2.05) is 0 Å². The van der Waals surface area contributed by atoms with Gasteiger partial charge in [0.05, 0.1) is 22.5 Å². The lowest BCUT2D eigenvalue weighted by atomic mass is 10.2. The van der Waals surface area contributed by atoms with Crippen molar-refractivity contribution in [3.63, 3.8) is 0 Å². The van der Waals surface area contributed by atoms with Gasteiger partial charge in [-0.25, -0.2) is 4.68 Å². The van der Waals surface area contributed by atoms with E-state index in [9.17, 15) is 22.8 Å². The third-order valence-corrected chi connectivity index (χ3v) is 5.80. The Balaban J connectivity index is 1.74. The molecule has 31 heavy (non-hydrogen) atoms. The molecule has 0 atom stereocenters. The summed E-state index contributed by atoms with van der Waals surface area (Å²) < 4.78 is 43.5. The number of nitrogens with zero attached hydrogens (tertiary/aromatic N) is 4. The van der Waals surface area contributed by atoms with Crippen LogP contribution < -0.4 is 5.56 Å². The molecule has 1 aromatic carbocycles. The molecule has 3 aromatic rings. The second-order valence-corrected chi connectivity index (χ2v) is 7.77. The molecule has 162 valence electrons. The molecule has 2 aromatic heterocycles. The number of benzene rings is 1. The molecule has 4 rings (SSSR count). The first-order valence-corrected chi connectivity index (χ1v) is 10.1. The Hall–Kier alpha value is -2.78. The lowest BCUT2D eigenvalue weighted by Gasteiger charge is -2.17. The van der Waals surface area contributed by atoms with Gasteiger partial charge in [0, 0.05) is 25.0 Å². The zero-order valence-corrected chi connectivity index (χ0v) is 17.4. The number of likely N-dealkylation sites (tertiary alicyclic amines) is 1. The molecule has 1 aliphatic heterocycles. The number of carbonyl (C=O) groups excluding carboxylic acids is 1. The smallest absolute Gasteiger partial charge is 0.339 e. The Kier molecular flexibility index (Phi) is 5.57. The lowest BCUT2D eigenvalue weighted by Crippen LogP contribution is -2.29. The highest BCUT2D eigenvalue weighted by molar-refractivity contribution is 6.41. The Morgan fingerprint density at radius 3 is 2.23 bits per heavy atom. The predicted molar refractivity (Wildman–Crippen MR) is 109 cm³/mol. The van der Waals surface area contributed by atoms with Crippen molar-refractivity contribution < 1.29 is 18.0 Å². The number of rotatable bonds is 3. The summed E-state index contributed by atoms with van der Waals surface area (Å²) in [5, 5.41) is 3.77. The van der Waals surface area contributed by atoms with Crippen molar-refractivity contribution in [1.82, 2.24) is 19.2 Å². The first-order valence-electron chi connectivity index (χ1n) is 9.30. The van der Waals surface area contributed by atoms with Gasteiger partial charge < -0.3 is 4.90 Å². The van der Waals surface area contributed by atoms with Crippen LogP contribution in [-0.2, 0) is 6.18 Å². The van der Waals surface area contributed by atoms with E-state index in [4.69, 9.17) is 23.2 Å². The highest BCUT2D eigenvalue weighted by Crippen LogP contribution is 2.34.